The van der Waals surface area contributed by atoms with E-state index in [1.807, 2.05) is 30.4 Å². The number of carbonyl (C=O) groups is 1. The predicted molar refractivity (Wildman–Crippen MR) is 82.1 cm³/mol. The Morgan fingerprint density at radius 2 is 2.32 bits per heavy atom. The van der Waals surface area contributed by atoms with Crippen LogP contribution < -0.4 is 0 Å². The molecule has 0 spiro atoms. The lowest BCUT2D eigenvalue weighted by Crippen LogP contribution is -2.51. The van der Waals surface area contributed by atoms with E-state index in [0.29, 0.717) is 13.0 Å². The zero-order valence-corrected chi connectivity index (χ0v) is 13.1. The Kier molecular flexibility index (Phi) is 4.24. The number of imidazole rings is 1. The molecule has 1 saturated heterocycles. The Labute approximate surface area is 129 Å². The fraction of sp³-hybridized carbons (Fsp3) is 0.533. The number of carbonyl (C=O) groups excluding carboxylic acids is 1. The highest BCUT2D eigenvalue weighted by Gasteiger charge is 2.31. The van der Waals surface area contributed by atoms with Gasteiger partial charge in [-0.3, -0.25) is 14.4 Å². The van der Waals surface area contributed by atoms with Crippen molar-refractivity contribution < 1.29 is 4.79 Å². The SMILES string of the molecule is CCN1CCN(C(=O)Cc2ccn(C)n2)CC1c1ncc[nH]1. The van der Waals surface area contributed by atoms with Gasteiger partial charge in [-0.25, -0.2) is 4.98 Å². The Morgan fingerprint density at radius 1 is 1.45 bits per heavy atom. The first-order valence-corrected chi connectivity index (χ1v) is 7.67. The number of nitrogens with zero attached hydrogens (tertiary/aromatic N) is 5. The molecule has 3 heterocycles. The third-order valence-electron chi connectivity index (χ3n) is 4.19. The quantitative estimate of drug-likeness (QED) is 0.897. The van der Waals surface area contributed by atoms with E-state index in [9.17, 15) is 4.79 Å². The van der Waals surface area contributed by atoms with Gasteiger partial charge in [0.2, 0.25) is 5.91 Å². The lowest BCUT2D eigenvalue weighted by atomic mass is 10.1. The van der Waals surface area contributed by atoms with Gasteiger partial charge in [0.15, 0.2) is 0 Å². The molecule has 7 heteroatoms. The maximum Gasteiger partial charge on any atom is 0.228 e. The van der Waals surface area contributed by atoms with Crippen LogP contribution in [0.3, 0.4) is 0 Å². The maximum atomic E-state index is 12.5. The van der Waals surface area contributed by atoms with Crippen LogP contribution in [-0.2, 0) is 18.3 Å². The molecule has 1 atom stereocenters. The van der Waals surface area contributed by atoms with E-state index in [4.69, 9.17) is 0 Å². The van der Waals surface area contributed by atoms with Crippen LogP contribution in [0.2, 0.25) is 0 Å². The summed E-state index contributed by atoms with van der Waals surface area (Å²) in [6.45, 7) is 5.40. The molecular formula is C15H22N6O. The van der Waals surface area contributed by atoms with Crippen LogP contribution in [0, 0.1) is 0 Å². The highest BCUT2D eigenvalue weighted by molar-refractivity contribution is 5.78. The summed E-state index contributed by atoms with van der Waals surface area (Å²) in [5, 5.41) is 4.29. The van der Waals surface area contributed by atoms with Crippen molar-refractivity contribution >= 4 is 5.91 Å². The molecule has 3 rings (SSSR count). The van der Waals surface area contributed by atoms with E-state index in [0.717, 1.165) is 31.2 Å². The summed E-state index contributed by atoms with van der Waals surface area (Å²) in [5.41, 5.74) is 0.819. The van der Waals surface area contributed by atoms with E-state index in [2.05, 4.69) is 26.9 Å². The summed E-state index contributed by atoms with van der Waals surface area (Å²) in [6, 6.07) is 2.03. The number of rotatable bonds is 4. The van der Waals surface area contributed by atoms with Crippen LogP contribution in [0.1, 0.15) is 24.5 Å². The molecule has 2 aromatic rings. The molecule has 7 nitrogen and oxygen atoms in total. The molecule has 22 heavy (non-hydrogen) atoms. The molecule has 0 radical (unpaired) electrons. The van der Waals surface area contributed by atoms with Crippen molar-refractivity contribution in [3.8, 4) is 0 Å². The van der Waals surface area contributed by atoms with E-state index >= 15 is 0 Å². The van der Waals surface area contributed by atoms with Gasteiger partial charge in [0.25, 0.3) is 0 Å². The summed E-state index contributed by atoms with van der Waals surface area (Å²) in [5.74, 6) is 1.06. The van der Waals surface area contributed by atoms with Gasteiger partial charge in [-0.2, -0.15) is 5.10 Å². The number of likely N-dealkylation sites (N-methyl/N-ethyl adjacent to an activating group) is 1. The fourth-order valence-electron chi connectivity index (χ4n) is 2.97. The predicted octanol–water partition coefficient (Wildman–Crippen LogP) is 0.591. The number of aromatic nitrogens is 4. The zero-order chi connectivity index (χ0) is 15.5. The Morgan fingerprint density at radius 3 is 2.95 bits per heavy atom. The molecular weight excluding hydrogens is 280 g/mol. The molecule has 1 aliphatic heterocycles. The first-order valence-electron chi connectivity index (χ1n) is 7.67. The van der Waals surface area contributed by atoms with Gasteiger partial charge in [-0.1, -0.05) is 6.92 Å². The molecule has 1 unspecified atom stereocenters. The summed E-state index contributed by atoms with van der Waals surface area (Å²) in [6.07, 6.45) is 5.82. The average molecular weight is 302 g/mol. The minimum absolute atomic E-state index is 0.131. The zero-order valence-electron chi connectivity index (χ0n) is 13.1. The molecule has 118 valence electrons. The van der Waals surface area contributed by atoms with Gasteiger partial charge in [0.1, 0.15) is 5.82 Å². The monoisotopic (exact) mass is 302 g/mol. The minimum Gasteiger partial charge on any atom is -0.347 e. The van der Waals surface area contributed by atoms with Gasteiger partial charge in [0, 0.05) is 45.3 Å². The second-order valence-corrected chi connectivity index (χ2v) is 5.62. The summed E-state index contributed by atoms with van der Waals surface area (Å²) in [7, 11) is 1.86. The van der Waals surface area contributed by atoms with Gasteiger partial charge < -0.3 is 9.88 Å². The van der Waals surface area contributed by atoms with Gasteiger partial charge in [0.05, 0.1) is 18.2 Å². The Bertz CT molecular complexity index is 620. The lowest BCUT2D eigenvalue weighted by Gasteiger charge is -2.40. The van der Waals surface area contributed by atoms with Crippen molar-refractivity contribution in [2.45, 2.75) is 19.4 Å². The second-order valence-electron chi connectivity index (χ2n) is 5.62. The lowest BCUT2D eigenvalue weighted by molar-refractivity contribution is -0.133. The van der Waals surface area contributed by atoms with Crippen molar-refractivity contribution in [1.82, 2.24) is 29.5 Å². The summed E-state index contributed by atoms with van der Waals surface area (Å²) >= 11 is 0. The molecule has 1 fully saturated rings. The molecule has 0 saturated carbocycles. The number of aryl methyl sites for hydroxylation is 1. The van der Waals surface area contributed by atoms with E-state index in [-0.39, 0.29) is 11.9 Å². The topological polar surface area (TPSA) is 70.1 Å². The molecule has 0 aliphatic carbocycles. The van der Waals surface area contributed by atoms with Crippen LogP contribution in [0.15, 0.2) is 24.7 Å². The van der Waals surface area contributed by atoms with Crippen molar-refractivity contribution in [3.63, 3.8) is 0 Å². The number of piperazine rings is 1. The number of aromatic amines is 1. The maximum absolute atomic E-state index is 12.5. The smallest absolute Gasteiger partial charge is 0.228 e. The molecule has 1 amide bonds. The number of hydrogen-bond acceptors (Lipinski definition) is 4. The van der Waals surface area contributed by atoms with Crippen LogP contribution in [0.25, 0.3) is 0 Å². The van der Waals surface area contributed by atoms with Gasteiger partial charge >= 0.3 is 0 Å². The molecule has 0 bridgehead atoms. The standard InChI is InChI=1S/C15H22N6O/c1-3-20-8-9-21(11-13(20)15-16-5-6-17-15)14(22)10-12-4-7-19(2)18-12/h4-7,13H,3,8-11H2,1-2H3,(H,16,17). The molecule has 2 aromatic heterocycles. The highest BCUT2D eigenvalue weighted by Crippen LogP contribution is 2.22. The average Bonchev–Trinajstić information content (AvgIpc) is 3.18. The fourth-order valence-corrected chi connectivity index (χ4v) is 2.97. The summed E-state index contributed by atoms with van der Waals surface area (Å²) < 4.78 is 1.73. The van der Waals surface area contributed by atoms with E-state index < -0.39 is 0 Å². The van der Waals surface area contributed by atoms with Crippen molar-refractivity contribution in [2.24, 2.45) is 7.05 Å². The Hall–Kier alpha value is -2.15. The normalized spacial score (nSPS) is 19.5. The third kappa shape index (κ3) is 3.04. The van der Waals surface area contributed by atoms with Gasteiger partial charge in [-0.15, -0.1) is 0 Å². The van der Waals surface area contributed by atoms with Crippen molar-refractivity contribution in [3.05, 3.63) is 36.2 Å². The van der Waals surface area contributed by atoms with Gasteiger partial charge in [-0.05, 0) is 12.6 Å². The van der Waals surface area contributed by atoms with Crippen molar-refractivity contribution in [1.29, 1.82) is 0 Å². The minimum atomic E-state index is 0.131. The highest BCUT2D eigenvalue weighted by atomic mass is 16.2. The number of hydrogen-bond donors (Lipinski definition) is 1. The van der Waals surface area contributed by atoms with Crippen molar-refractivity contribution in [2.75, 3.05) is 26.2 Å². The second kappa shape index (κ2) is 6.31. The molecule has 0 aromatic carbocycles. The Balaban J connectivity index is 1.68. The summed E-state index contributed by atoms with van der Waals surface area (Å²) in [4.78, 5) is 24.3. The van der Waals surface area contributed by atoms with E-state index in [1.165, 1.54) is 0 Å². The number of H-pyrrole nitrogens is 1. The van der Waals surface area contributed by atoms with Crippen LogP contribution >= 0.6 is 0 Å². The largest absolute Gasteiger partial charge is 0.347 e. The molecule has 1 aliphatic rings. The van der Waals surface area contributed by atoms with Crippen LogP contribution in [-0.4, -0.2) is 61.6 Å². The first kappa shape index (κ1) is 14.8. The van der Waals surface area contributed by atoms with Crippen LogP contribution in [0.5, 0.6) is 0 Å². The number of amides is 1. The molecule has 1 N–H and O–H groups in total. The van der Waals surface area contributed by atoms with E-state index in [1.54, 1.807) is 10.9 Å². The third-order valence-corrected chi connectivity index (χ3v) is 4.19. The van der Waals surface area contributed by atoms with Crippen LogP contribution in [0.4, 0.5) is 0 Å². The number of nitrogens with one attached hydrogen (secondary N) is 1. The first-order chi connectivity index (χ1) is 10.7.